The van der Waals surface area contributed by atoms with Crippen molar-refractivity contribution in [3.63, 3.8) is 0 Å². The van der Waals surface area contributed by atoms with E-state index in [1.54, 1.807) is 0 Å². The zero-order valence-electron chi connectivity index (χ0n) is 26.7. The second-order valence-electron chi connectivity index (χ2n) is 12.0. The van der Waals surface area contributed by atoms with Gasteiger partial charge in [-0.2, -0.15) is 0 Å². The molecule has 0 unspecified atom stereocenters. The Hall–Kier alpha value is -5.16. The SMILES string of the molecule is Cc1cc(C2(c3ccc(OCCO)c(C)c3)c3c(-c4ccccc4)cccc3-c3cccc(-c4ccccc4)c32)ccc1OCCO. The standard InChI is InChI=1S/C43H38O4/c1-29-27-33(19-21-39(29)46-25-23-44)43(34-20-22-40(30(2)28-34)47-26-24-45)41-35(31-11-5-3-6-12-31)15-9-17-37(41)38-18-10-16-36(42(38)43)32-13-7-4-8-14-32/h3-22,27-28,44-45H,23-26H2,1-2H3. The van der Waals surface area contributed by atoms with E-state index in [2.05, 4.69) is 135 Å². The van der Waals surface area contributed by atoms with Gasteiger partial charge in [0.25, 0.3) is 0 Å². The second kappa shape index (κ2) is 12.9. The molecule has 0 aromatic heterocycles. The molecule has 0 bridgehead atoms. The van der Waals surface area contributed by atoms with E-state index in [1.165, 1.54) is 33.4 Å². The first-order valence-electron chi connectivity index (χ1n) is 16.2. The highest BCUT2D eigenvalue weighted by molar-refractivity contribution is 5.96. The van der Waals surface area contributed by atoms with Crippen molar-refractivity contribution in [2.75, 3.05) is 26.4 Å². The Bertz CT molecular complexity index is 1880. The maximum atomic E-state index is 9.48. The van der Waals surface area contributed by atoms with Crippen molar-refractivity contribution in [1.29, 1.82) is 0 Å². The molecule has 6 aromatic rings. The van der Waals surface area contributed by atoms with Crippen molar-refractivity contribution in [2.45, 2.75) is 19.3 Å². The third-order valence-corrected chi connectivity index (χ3v) is 9.25. The van der Waals surface area contributed by atoms with Gasteiger partial charge in [-0.3, -0.25) is 0 Å². The van der Waals surface area contributed by atoms with Gasteiger partial charge in [-0.25, -0.2) is 0 Å². The lowest BCUT2D eigenvalue weighted by atomic mass is 9.64. The minimum atomic E-state index is -0.718. The van der Waals surface area contributed by atoms with Crippen LogP contribution in [0.5, 0.6) is 11.5 Å². The van der Waals surface area contributed by atoms with E-state index in [4.69, 9.17) is 9.47 Å². The molecule has 1 aliphatic rings. The van der Waals surface area contributed by atoms with Crippen molar-refractivity contribution in [1.82, 2.24) is 0 Å². The molecule has 4 heteroatoms. The van der Waals surface area contributed by atoms with E-state index in [-0.39, 0.29) is 26.4 Å². The fraction of sp³-hybridized carbons (Fsp3) is 0.163. The first-order chi connectivity index (χ1) is 23.1. The summed E-state index contributed by atoms with van der Waals surface area (Å²) >= 11 is 0. The van der Waals surface area contributed by atoms with Gasteiger partial charge in [0.05, 0.1) is 18.6 Å². The zero-order valence-corrected chi connectivity index (χ0v) is 26.7. The van der Waals surface area contributed by atoms with Crippen molar-refractivity contribution >= 4 is 0 Å². The lowest BCUT2D eigenvalue weighted by Gasteiger charge is -2.37. The summed E-state index contributed by atoms with van der Waals surface area (Å²) < 4.78 is 11.9. The quantitative estimate of drug-likeness (QED) is 0.161. The summed E-state index contributed by atoms with van der Waals surface area (Å²) in [6, 6.07) is 47.6. The van der Waals surface area contributed by atoms with Gasteiger partial charge in [0, 0.05) is 0 Å². The van der Waals surface area contributed by atoms with Crippen LogP contribution in [0.1, 0.15) is 33.4 Å². The summed E-state index contributed by atoms with van der Waals surface area (Å²) in [4.78, 5) is 0. The zero-order chi connectivity index (χ0) is 32.4. The third kappa shape index (κ3) is 5.20. The molecule has 0 spiro atoms. The van der Waals surface area contributed by atoms with Gasteiger partial charge in [0.1, 0.15) is 24.7 Å². The van der Waals surface area contributed by atoms with E-state index in [0.717, 1.165) is 44.9 Å². The van der Waals surface area contributed by atoms with Crippen LogP contribution in [0.15, 0.2) is 133 Å². The van der Waals surface area contributed by atoms with Gasteiger partial charge < -0.3 is 19.7 Å². The Kier molecular flexibility index (Phi) is 8.38. The first kappa shape index (κ1) is 30.5. The Balaban J connectivity index is 1.64. The Morgan fingerprint density at radius 2 is 0.872 bits per heavy atom. The molecule has 0 saturated heterocycles. The summed E-state index contributed by atoms with van der Waals surface area (Å²) in [6.07, 6.45) is 0. The molecule has 47 heavy (non-hydrogen) atoms. The number of aliphatic hydroxyl groups is 2. The van der Waals surface area contributed by atoms with E-state index in [0.29, 0.717) is 0 Å². The van der Waals surface area contributed by atoms with Crippen LogP contribution in [0.4, 0.5) is 0 Å². The van der Waals surface area contributed by atoms with Crippen molar-refractivity contribution in [3.8, 4) is 44.9 Å². The Morgan fingerprint density at radius 1 is 0.468 bits per heavy atom. The number of benzene rings is 6. The molecule has 0 fully saturated rings. The summed E-state index contributed by atoms with van der Waals surface area (Å²) in [5.74, 6) is 1.51. The van der Waals surface area contributed by atoms with E-state index in [9.17, 15) is 10.2 Å². The maximum Gasteiger partial charge on any atom is 0.122 e. The average Bonchev–Trinajstić information content (AvgIpc) is 3.43. The maximum absolute atomic E-state index is 9.48. The number of aryl methyl sites for hydroxylation is 2. The Labute approximate surface area is 276 Å². The van der Waals surface area contributed by atoms with Gasteiger partial charge >= 0.3 is 0 Å². The van der Waals surface area contributed by atoms with E-state index >= 15 is 0 Å². The average molecular weight is 619 g/mol. The molecule has 0 aliphatic heterocycles. The van der Waals surface area contributed by atoms with Crippen LogP contribution in [0.2, 0.25) is 0 Å². The second-order valence-corrected chi connectivity index (χ2v) is 12.0. The molecule has 0 saturated carbocycles. The number of rotatable bonds is 10. The highest BCUT2D eigenvalue weighted by atomic mass is 16.5. The topological polar surface area (TPSA) is 58.9 Å². The van der Waals surface area contributed by atoms with Crippen LogP contribution >= 0.6 is 0 Å². The third-order valence-electron chi connectivity index (χ3n) is 9.25. The van der Waals surface area contributed by atoms with Crippen molar-refractivity contribution in [3.05, 3.63) is 167 Å². The molecule has 0 heterocycles. The molecule has 234 valence electrons. The van der Waals surface area contributed by atoms with Crippen LogP contribution < -0.4 is 9.47 Å². The number of hydrogen-bond donors (Lipinski definition) is 2. The molecule has 1 aliphatic carbocycles. The molecular formula is C43H38O4. The smallest absolute Gasteiger partial charge is 0.122 e. The molecular weight excluding hydrogens is 580 g/mol. The molecule has 4 nitrogen and oxygen atoms in total. The number of aliphatic hydroxyl groups excluding tert-OH is 2. The number of fused-ring (bicyclic) bond motifs is 3. The van der Waals surface area contributed by atoms with Crippen LogP contribution in [0.3, 0.4) is 0 Å². The van der Waals surface area contributed by atoms with Crippen LogP contribution in [0.25, 0.3) is 33.4 Å². The molecule has 2 N–H and O–H groups in total. The number of hydrogen-bond acceptors (Lipinski definition) is 4. The molecule has 0 radical (unpaired) electrons. The summed E-state index contributed by atoms with van der Waals surface area (Å²) in [6.45, 7) is 4.53. The van der Waals surface area contributed by atoms with E-state index in [1.807, 2.05) is 12.1 Å². The van der Waals surface area contributed by atoms with Gasteiger partial charge in [-0.15, -0.1) is 0 Å². The minimum absolute atomic E-state index is 0.0449. The molecule has 0 amide bonds. The van der Waals surface area contributed by atoms with Crippen LogP contribution in [-0.4, -0.2) is 36.6 Å². The summed E-state index contributed by atoms with van der Waals surface area (Å²) in [7, 11) is 0. The monoisotopic (exact) mass is 618 g/mol. The largest absolute Gasteiger partial charge is 0.491 e. The predicted octanol–water partition coefficient (Wildman–Crippen LogP) is 8.74. The fourth-order valence-electron chi connectivity index (χ4n) is 7.35. The van der Waals surface area contributed by atoms with Gasteiger partial charge in [0.2, 0.25) is 0 Å². The normalized spacial score (nSPS) is 12.8. The van der Waals surface area contributed by atoms with Crippen LogP contribution in [0, 0.1) is 13.8 Å². The summed E-state index contributed by atoms with van der Waals surface area (Å²) in [5.41, 5.74) is 13.1. The highest BCUT2D eigenvalue weighted by Gasteiger charge is 2.49. The van der Waals surface area contributed by atoms with Crippen molar-refractivity contribution in [2.24, 2.45) is 0 Å². The molecule has 7 rings (SSSR count). The summed E-state index contributed by atoms with van der Waals surface area (Å²) in [5, 5.41) is 19.0. The first-order valence-corrected chi connectivity index (χ1v) is 16.2. The van der Waals surface area contributed by atoms with E-state index < -0.39 is 5.41 Å². The molecule has 0 atom stereocenters. The lowest BCUT2D eigenvalue weighted by molar-refractivity contribution is 0.200. The van der Waals surface area contributed by atoms with Gasteiger partial charge in [-0.1, -0.05) is 121 Å². The predicted molar refractivity (Wildman–Crippen MR) is 189 cm³/mol. The van der Waals surface area contributed by atoms with Gasteiger partial charge in [-0.05, 0) is 92.7 Å². The minimum Gasteiger partial charge on any atom is -0.491 e. The molecule has 6 aromatic carbocycles. The highest BCUT2D eigenvalue weighted by Crippen LogP contribution is 2.61. The fourth-order valence-corrected chi connectivity index (χ4v) is 7.35. The Morgan fingerprint density at radius 3 is 1.26 bits per heavy atom. The van der Waals surface area contributed by atoms with Crippen molar-refractivity contribution < 1.29 is 19.7 Å². The van der Waals surface area contributed by atoms with Gasteiger partial charge in [0.15, 0.2) is 0 Å². The number of ether oxygens (including phenoxy) is 2. The lowest BCUT2D eigenvalue weighted by Crippen LogP contribution is -2.30. The van der Waals surface area contributed by atoms with Crippen LogP contribution in [-0.2, 0) is 5.41 Å².